The smallest absolute Gasteiger partial charge is 0.200 e. The van der Waals surface area contributed by atoms with Gasteiger partial charge in [-0.2, -0.15) is 0 Å². The minimum atomic E-state index is -3.76. The topological polar surface area (TPSA) is 60.4 Å². The molecule has 1 aromatic carbocycles. The van der Waals surface area contributed by atoms with Crippen LogP contribution in [0.5, 0.6) is 0 Å². The molecule has 6 heteroatoms. The maximum Gasteiger partial charge on any atom is 0.200 e. The first kappa shape index (κ1) is 22.4. The molecule has 0 aliphatic heterocycles. The van der Waals surface area contributed by atoms with Crippen LogP contribution in [0.3, 0.4) is 0 Å². The Hall–Kier alpha value is -1.24. The van der Waals surface area contributed by atoms with Gasteiger partial charge in [0.1, 0.15) is 5.25 Å². The zero-order chi connectivity index (χ0) is 21.6. The lowest BCUT2D eigenvalue weighted by Crippen LogP contribution is -2.52. The SMILES string of the molecule is CC(C)[Si](O[C@@H]1CCC2=CC(=O)[C@H](S(=O)(=O)c3ccccc3)[C@H]21)(C(C)C)C(C)C. The zero-order valence-corrected chi connectivity index (χ0v) is 20.2. The molecule has 2 aliphatic carbocycles. The number of allylic oxidation sites excluding steroid dienone is 1. The molecule has 0 N–H and O–H groups in total. The first-order valence-corrected chi connectivity index (χ1v) is 14.4. The van der Waals surface area contributed by atoms with E-state index in [0.717, 1.165) is 18.4 Å². The standard InChI is InChI=1S/C23H34O4SSi/c1-15(2)29(16(3)4,17(5)6)27-21-13-12-18-14-20(24)23(22(18)21)28(25,26)19-10-8-7-9-11-19/h7-11,14-17,21-23H,12-13H2,1-6H3/t21-,22-,23+/m1/s1. The van der Waals surface area contributed by atoms with Gasteiger partial charge in [-0.25, -0.2) is 8.42 Å². The van der Waals surface area contributed by atoms with Crippen LogP contribution in [-0.4, -0.2) is 33.9 Å². The minimum Gasteiger partial charge on any atom is -0.412 e. The summed E-state index contributed by atoms with van der Waals surface area (Å²) in [5.74, 6) is -0.635. The molecule has 29 heavy (non-hydrogen) atoms. The summed E-state index contributed by atoms with van der Waals surface area (Å²) in [7, 11) is -5.93. The first-order valence-electron chi connectivity index (χ1n) is 10.7. The summed E-state index contributed by atoms with van der Waals surface area (Å²) in [6.45, 7) is 13.4. The fourth-order valence-electron chi connectivity index (χ4n) is 5.80. The third kappa shape index (κ3) is 3.68. The van der Waals surface area contributed by atoms with Gasteiger partial charge in [-0.05, 0) is 47.7 Å². The maximum absolute atomic E-state index is 13.4. The second kappa shape index (κ2) is 8.12. The van der Waals surface area contributed by atoms with E-state index in [2.05, 4.69) is 41.5 Å². The largest absolute Gasteiger partial charge is 0.412 e. The quantitative estimate of drug-likeness (QED) is 0.546. The molecule has 4 nitrogen and oxygen atoms in total. The number of sulfone groups is 1. The van der Waals surface area contributed by atoms with Crippen LogP contribution in [-0.2, 0) is 19.1 Å². The zero-order valence-electron chi connectivity index (χ0n) is 18.4. The van der Waals surface area contributed by atoms with Crippen molar-refractivity contribution in [2.75, 3.05) is 0 Å². The van der Waals surface area contributed by atoms with Gasteiger partial charge in [0.15, 0.2) is 15.6 Å². The van der Waals surface area contributed by atoms with Crippen LogP contribution < -0.4 is 0 Å². The molecule has 0 bridgehead atoms. The number of benzene rings is 1. The van der Waals surface area contributed by atoms with E-state index in [1.165, 1.54) is 0 Å². The van der Waals surface area contributed by atoms with Gasteiger partial charge in [0.05, 0.1) is 11.0 Å². The minimum absolute atomic E-state index is 0.199. The lowest BCUT2D eigenvalue weighted by Gasteiger charge is -2.45. The van der Waals surface area contributed by atoms with E-state index >= 15 is 0 Å². The molecule has 0 unspecified atom stereocenters. The van der Waals surface area contributed by atoms with Gasteiger partial charge in [0, 0.05) is 5.92 Å². The molecule has 0 aromatic heterocycles. The fraction of sp³-hybridized carbons (Fsp3) is 0.609. The van der Waals surface area contributed by atoms with Crippen molar-refractivity contribution in [1.82, 2.24) is 0 Å². The van der Waals surface area contributed by atoms with Gasteiger partial charge in [0.25, 0.3) is 0 Å². The van der Waals surface area contributed by atoms with Gasteiger partial charge < -0.3 is 4.43 Å². The number of ketones is 1. The Morgan fingerprint density at radius 1 is 0.966 bits per heavy atom. The van der Waals surface area contributed by atoms with Crippen molar-refractivity contribution in [3.8, 4) is 0 Å². The predicted octanol–water partition coefficient (Wildman–Crippen LogP) is 5.31. The second-order valence-corrected chi connectivity index (χ2v) is 16.9. The molecule has 3 rings (SSSR count). The summed E-state index contributed by atoms with van der Waals surface area (Å²) >= 11 is 0. The van der Waals surface area contributed by atoms with E-state index in [1.54, 1.807) is 36.4 Å². The molecule has 2 aliphatic rings. The molecule has 0 radical (unpaired) electrons. The third-order valence-electron chi connectivity index (χ3n) is 6.95. The van der Waals surface area contributed by atoms with Crippen molar-refractivity contribution >= 4 is 23.9 Å². The molecule has 0 amide bonds. The van der Waals surface area contributed by atoms with Crippen molar-refractivity contribution in [2.45, 2.75) is 87.3 Å². The van der Waals surface area contributed by atoms with Crippen molar-refractivity contribution in [3.63, 3.8) is 0 Å². The average molecular weight is 435 g/mol. The number of hydrogen-bond donors (Lipinski definition) is 0. The third-order valence-corrected chi connectivity index (χ3v) is 15.2. The molecular formula is C23H34O4SSi. The normalized spacial score (nSPS) is 25.2. The molecule has 1 fully saturated rings. The van der Waals surface area contributed by atoms with E-state index in [-0.39, 0.29) is 22.7 Å². The van der Waals surface area contributed by atoms with Crippen LogP contribution in [0.4, 0.5) is 0 Å². The van der Waals surface area contributed by atoms with Gasteiger partial charge in [0.2, 0.25) is 8.32 Å². The van der Waals surface area contributed by atoms with E-state index in [1.807, 2.05) is 0 Å². The maximum atomic E-state index is 13.4. The Labute approximate surface area is 176 Å². The van der Waals surface area contributed by atoms with Gasteiger partial charge in [-0.3, -0.25) is 4.79 Å². The highest BCUT2D eigenvalue weighted by Gasteiger charge is 2.55. The van der Waals surface area contributed by atoms with E-state index in [4.69, 9.17) is 4.43 Å². The van der Waals surface area contributed by atoms with Crippen molar-refractivity contribution in [1.29, 1.82) is 0 Å². The van der Waals surface area contributed by atoms with Crippen molar-refractivity contribution in [3.05, 3.63) is 42.0 Å². The lowest BCUT2D eigenvalue weighted by molar-refractivity contribution is -0.114. The van der Waals surface area contributed by atoms with Crippen LogP contribution in [0.2, 0.25) is 16.6 Å². The highest BCUT2D eigenvalue weighted by molar-refractivity contribution is 7.93. The summed E-state index contributed by atoms with van der Waals surface area (Å²) in [5.41, 5.74) is 2.20. The molecule has 1 saturated carbocycles. The van der Waals surface area contributed by atoms with E-state index in [0.29, 0.717) is 16.6 Å². The van der Waals surface area contributed by atoms with Crippen LogP contribution in [0.15, 0.2) is 46.9 Å². The second-order valence-electron chi connectivity index (χ2n) is 9.44. The van der Waals surface area contributed by atoms with Gasteiger partial charge in [-0.1, -0.05) is 65.3 Å². The molecule has 1 aromatic rings. The van der Waals surface area contributed by atoms with Gasteiger partial charge >= 0.3 is 0 Å². The molecule has 0 saturated heterocycles. The fourth-order valence-corrected chi connectivity index (χ4v) is 13.3. The number of fused-ring (bicyclic) bond motifs is 1. The van der Waals surface area contributed by atoms with Crippen LogP contribution >= 0.6 is 0 Å². The summed E-state index contributed by atoms with van der Waals surface area (Å²) in [6.07, 6.45) is 2.93. The Balaban J connectivity index is 2.00. The van der Waals surface area contributed by atoms with Crippen molar-refractivity contribution in [2.24, 2.45) is 5.92 Å². The Bertz CT molecular complexity index is 865. The first-order chi connectivity index (χ1) is 13.5. The average Bonchev–Trinajstić information content (AvgIpc) is 3.17. The highest BCUT2D eigenvalue weighted by Crippen LogP contribution is 2.50. The monoisotopic (exact) mass is 434 g/mol. The van der Waals surface area contributed by atoms with E-state index < -0.39 is 23.4 Å². The number of carbonyl (C=O) groups is 1. The molecule has 0 spiro atoms. The summed E-state index contributed by atoms with van der Waals surface area (Å²) in [5, 5.41) is -1.05. The summed E-state index contributed by atoms with van der Waals surface area (Å²) in [4.78, 5) is 13.0. The van der Waals surface area contributed by atoms with Crippen LogP contribution in [0.1, 0.15) is 54.4 Å². The van der Waals surface area contributed by atoms with E-state index in [9.17, 15) is 13.2 Å². The molecule has 160 valence electrons. The highest BCUT2D eigenvalue weighted by atomic mass is 32.2. The Morgan fingerprint density at radius 2 is 1.52 bits per heavy atom. The Morgan fingerprint density at radius 3 is 2.03 bits per heavy atom. The lowest BCUT2D eigenvalue weighted by atomic mass is 10.0. The Kier molecular flexibility index (Phi) is 6.28. The molecule has 0 heterocycles. The molecular weight excluding hydrogens is 400 g/mol. The number of carbonyl (C=O) groups excluding carboxylic acids is 1. The molecule has 3 atom stereocenters. The van der Waals surface area contributed by atoms with Crippen LogP contribution in [0.25, 0.3) is 0 Å². The predicted molar refractivity (Wildman–Crippen MR) is 119 cm³/mol. The van der Waals surface area contributed by atoms with Crippen molar-refractivity contribution < 1.29 is 17.6 Å². The number of rotatable bonds is 7. The number of hydrogen-bond acceptors (Lipinski definition) is 4. The summed E-state index contributed by atoms with van der Waals surface area (Å²) < 4.78 is 33.8. The van der Waals surface area contributed by atoms with Crippen LogP contribution in [0, 0.1) is 5.92 Å². The van der Waals surface area contributed by atoms with Gasteiger partial charge in [-0.15, -0.1) is 0 Å². The summed E-state index contributed by atoms with van der Waals surface area (Å²) in [6, 6.07) is 8.37.